The third-order valence-electron chi connectivity index (χ3n) is 5.46. The summed E-state index contributed by atoms with van der Waals surface area (Å²) in [6.07, 6.45) is 12.1. The third kappa shape index (κ3) is 12.2. The van der Waals surface area contributed by atoms with Crippen molar-refractivity contribution in [2.45, 2.75) is 58.3 Å². The van der Waals surface area contributed by atoms with Crippen LogP contribution in [0.1, 0.15) is 63.9 Å². The van der Waals surface area contributed by atoms with Crippen molar-refractivity contribution in [2.24, 2.45) is 0 Å². The molecule has 0 bridgehead atoms. The van der Waals surface area contributed by atoms with Gasteiger partial charge in [-0.25, -0.2) is 9.59 Å². The summed E-state index contributed by atoms with van der Waals surface area (Å²) < 4.78 is 21.3. The maximum Gasteiger partial charge on any atom is 0.336 e. The van der Waals surface area contributed by atoms with Gasteiger partial charge in [0.2, 0.25) is 0 Å². The first-order valence-corrected chi connectivity index (χ1v) is 12.6. The Kier molecular flexibility index (Phi) is 13.5. The average molecular weight is 495 g/mol. The molecule has 2 aromatic rings. The Morgan fingerprint density at radius 1 is 0.750 bits per heavy atom. The lowest BCUT2D eigenvalue weighted by Crippen LogP contribution is -2.05. The minimum atomic E-state index is -0.440. The summed E-state index contributed by atoms with van der Waals surface area (Å²) in [5, 5.41) is 0. The van der Waals surface area contributed by atoms with Crippen LogP contribution in [0, 0.1) is 0 Å². The van der Waals surface area contributed by atoms with Gasteiger partial charge >= 0.3 is 11.9 Å². The first-order valence-electron chi connectivity index (χ1n) is 12.6. The standard InChI is InChI=1S/C30H38O6/c1-24(2)30(32)35-23-11-9-7-5-4-6-8-10-22-34-27-15-12-25(13-16-27)14-21-29(31)36-28-19-17-26(33-3)18-20-28/h12-21H,1,4-11,22-23H2,2-3H3/b21-14+. The zero-order valence-corrected chi connectivity index (χ0v) is 21.5. The van der Waals surface area contributed by atoms with Gasteiger partial charge in [-0.05, 0) is 67.8 Å². The summed E-state index contributed by atoms with van der Waals surface area (Å²) in [4.78, 5) is 23.3. The highest BCUT2D eigenvalue weighted by Gasteiger charge is 2.03. The second-order valence-corrected chi connectivity index (χ2v) is 8.59. The SMILES string of the molecule is C=C(C)C(=O)OCCCCCCCCCCOc1ccc(/C=C/C(=O)Oc2ccc(OC)cc2)cc1. The van der Waals surface area contributed by atoms with Crippen LogP contribution in [0.15, 0.2) is 66.8 Å². The van der Waals surface area contributed by atoms with Gasteiger partial charge in [-0.3, -0.25) is 0 Å². The molecule has 2 aromatic carbocycles. The fourth-order valence-electron chi connectivity index (χ4n) is 3.38. The van der Waals surface area contributed by atoms with Gasteiger partial charge in [0.25, 0.3) is 0 Å². The van der Waals surface area contributed by atoms with Crippen LogP contribution in [-0.2, 0) is 14.3 Å². The normalized spacial score (nSPS) is 10.7. The van der Waals surface area contributed by atoms with E-state index in [1.54, 1.807) is 44.4 Å². The zero-order chi connectivity index (χ0) is 26.0. The molecule has 0 aliphatic heterocycles. The smallest absolute Gasteiger partial charge is 0.336 e. The number of hydrogen-bond donors (Lipinski definition) is 0. The largest absolute Gasteiger partial charge is 0.497 e. The van der Waals surface area contributed by atoms with E-state index >= 15 is 0 Å². The quantitative estimate of drug-likeness (QED) is 0.103. The number of benzene rings is 2. The molecule has 0 saturated heterocycles. The van der Waals surface area contributed by atoms with Crippen LogP contribution in [0.2, 0.25) is 0 Å². The molecule has 2 rings (SSSR count). The van der Waals surface area contributed by atoms with Crippen molar-refractivity contribution in [1.82, 2.24) is 0 Å². The topological polar surface area (TPSA) is 71.1 Å². The molecule has 6 nitrogen and oxygen atoms in total. The fourth-order valence-corrected chi connectivity index (χ4v) is 3.38. The van der Waals surface area contributed by atoms with Crippen molar-refractivity contribution in [3.8, 4) is 17.2 Å². The number of methoxy groups -OCH3 is 1. The molecule has 0 spiro atoms. The Bertz CT molecular complexity index is 960. The van der Waals surface area contributed by atoms with Crippen molar-refractivity contribution >= 4 is 18.0 Å². The number of carbonyl (C=O) groups is 2. The van der Waals surface area contributed by atoms with Gasteiger partial charge in [-0.1, -0.05) is 57.2 Å². The molecule has 0 heterocycles. The molecule has 0 aliphatic carbocycles. The van der Waals surface area contributed by atoms with Gasteiger partial charge < -0.3 is 18.9 Å². The Morgan fingerprint density at radius 2 is 1.28 bits per heavy atom. The van der Waals surface area contributed by atoms with E-state index in [1.165, 1.54) is 31.8 Å². The number of carbonyl (C=O) groups excluding carboxylic acids is 2. The van der Waals surface area contributed by atoms with E-state index in [1.807, 2.05) is 24.3 Å². The van der Waals surface area contributed by atoms with E-state index in [-0.39, 0.29) is 5.97 Å². The molecule has 0 amide bonds. The Balaban J connectivity index is 1.50. The van der Waals surface area contributed by atoms with Crippen LogP contribution in [0.3, 0.4) is 0 Å². The van der Waals surface area contributed by atoms with Gasteiger partial charge in [0.15, 0.2) is 0 Å². The lowest BCUT2D eigenvalue weighted by Gasteiger charge is -2.07. The summed E-state index contributed by atoms with van der Waals surface area (Å²) in [5.41, 5.74) is 1.34. The molecule has 6 heteroatoms. The van der Waals surface area contributed by atoms with Gasteiger partial charge in [0, 0.05) is 11.6 Å². The molecule has 194 valence electrons. The summed E-state index contributed by atoms with van der Waals surface area (Å²) in [5.74, 6) is 1.25. The van der Waals surface area contributed by atoms with Gasteiger partial charge in [0.05, 0.1) is 20.3 Å². The lowest BCUT2D eigenvalue weighted by atomic mass is 10.1. The van der Waals surface area contributed by atoms with E-state index in [4.69, 9.17) is 18.9 Å². The maximum atomic E-state index is 12.0. The predicted octanol–water partition coefficient (Wildman–Crippen LogP) is 6.93. The van der Waals surface area contributed by atoms with Gasteiger partial charge in [-0.15, -0.1) is 0 Å². The maximum absolute atomic E-state index is 12.0. The number of ether oxygens (including phenoxy) is 4. The molecular formula is C30H38O6. The molecule has 0 aromatic heterocycles. The average Bonchev–Trinajstić information content (AvgIpc) is 2.89. The Hall–Kier alpha value is -3.54. The molecule has 0 atom stereocenters. The van der Waals surface area contributed by atoms with E-state index in [0.29, 0.717) is 30.3 Å². The number of hydrogen-bond acceptors (Lipinski definition) is 6. The van der Waals surface area contributed by atoms with Crippen LogP contribution in [0.4, 0.5) is 0 Å². The van der Waals surface area contributed by atoms with Crippen molar-refractivity contribution in [3.63, 3.8) is 0 Å². The minimum absolute atomic E-state index is 0.298. The number of esters is 2. The zero-order valence-electron chi connectivity index (χ0n) is 21.5. The number of unbranched alkanes of at least 4 members (excludes halogenated alkanes) is 7. The molecule has 0 N–H and O–H groups in total. The first kappa shape index (κ1) is 28.7. The van der Waals surface area contributed by atoms with Crippen molar-refractivity contribution in [3.05, 3.63) is 72.3 Å². The third-order valence-corrected chi connectivity index (χ3v) is 5.46. The molecular weight excluding hydrogens is 456 g/mol. The summed E-state index contributed by atoms with van der Waals surface area (Å²) in [7, 11) is 1.59. The Morgan fingerprint density at radius 3 is 1.86 bits per heavy atom. The van der Waals surface area contributed by atoms with Crippen LogP contribution in [-0.4, -0.2) is 32.3 Å². The highest BCUT2D eigenvalue weighted by Crippen LogP contribution is 2.18. The summed E-state index contributed by atoms with van der Waals surface area (Å²) >= 11 is 0. The molecule has 0 fully saturated rings. The van der Waals surface area contributed by atoms with Crippen LogP contribution >= 0.6 is 0 Å². The highest BCUT2D eigenvalue weighted by molar-refractivity contribution is 5.88. The van der Waals surface area contributed by atoms with Crippen molar-refractivity contribution in [2.75, 3.05) is 20.3 Å². The van der Waals surface area contributed by atoms with Crippen LogP contribution in [0.25, 0.3) is 6.08 Å². The van der Waals surface area contributed by atoms with Gasteiger partial charge in [-0.2, -0.15) is 0 Å². The lowest BCUT2D eigenvalue weighted by molar-refractivity contribution is -0.139. The molecule has 0 unspecified atom stereocenters. The molecule has 36 heavy (non-hydrogen) atoms. The van der Waals surface area contributed by atoms with Gasteiger partial charge in [0.1, 0.15) is 17.2 Å². The van der Waals surface area contributed by atoms with E-state index in [0.717, 1.165) is 37.0 Å². The second-order valence-electron chi connectivity index (χ2n) is 8.59. The summed E-state index contributed by atoms with van der Waals surface area (Å²) in [6.45, 7) is 6.41. The molecule has 0 radical (unpaired) electrons. The predicted molar refractivity (Wildman–Crippen MR) is 142 cm³/mol. The second kappa shape index (κ2) is 17.0. The van der Waals surface area contributed by atoms with Crippen molar-refractivity contribution in [1.29, 1.82) is 0 Å². The first-order chi connectivity index (χ1) is 17.5. The monoisotopic (exact) mass is 494 g/mol. The fraction of sp³-hybridized carbons (Fsp3) is 0.400. The molecule has 0 aliphatic rings. The van der Waals surface area contributed by atoms with Crippen LogP contribution in [0.5, 0.6) is 17.2 Å². The summed E-state index contributed by atoms with van der Waals surface area (Å²) in [6, 6.07) is 14.5. The van der Waals surface area contributed by atoms with E-state index < -0.39 is 5.97 Å². The Labute approximate surface area is 214 Å². The molecule has 0 saturated carbocycles. The van der Waals surface area contributed by atoms with E-state index in [2.05, 4.69) is 6.58 Å². The highest BCUT2D eigenvalue weighted by atomic mass is 16.5. The van der Waals surface area contributed by atoms with E-state index in [9.17, 15) is 9.59 Å². The van der Waals surface area contributed by atoms with Crippen LogP contribution < -0.4 is 14.2 Å². The minimum Gasteiger partial charge on any atom is -0.497 e. The van der Waals surface area contributed by atoms with Crippen molar-refractivity contribution < 1.29 is 28.5 Å². The number of rotatable bonds is 17.